The van der Waals surface area contributed by atoms with Gasteiger partial charge in [0.2, 0.25) is 15.9 Å². The van der Waals surface area contributed by atoms with Crippen LogP contribution in [0.1, 0.15) is 26.2 Å². The molecule has 1 amide bonds. The summed E-state index contributed by atoms with van der Waals surface area (Å²) >= 11 is 0. The zero-order valence-electron chi connectivity index (χ0n) is 11.6. The molecule has 0 fully saturated rings. The van der Waals surface area contributed by atoms with E-state index in [4.69, 9.17) is 5.73 Å². The van der Waals surface area contributed by atoms with Crippen molar-refractivity contribution in [2.24, 2.45) is 5.73 Å². The average Bonchev–Trinajstić information content (AvgIpc) is 2.38. The molecule has 20 heavy (non-hydrogen) atoms. The number of nitrogens with two attached hydrogens (primary N) is 1. The van der Waals surface area contributed by atoms with E-state index in [1.54, 1.807) is 31.2 Å². The van der Waals surface area contributed by atoms with Gasteiger partial charge in [0.1, 0.15) is 0 Å². The molecule has 0 aliphatic heterocycles. The molecule has 112 valence electrons. The van der Waals surface area contributed by atoms with Gasteiger partial charge in [0.05, 0.1) is 5.75 Å². The topological polar surface area (TPSA) is 101 Å². The van der Waals surface area contributed by atoms with Gasteiger partial charge in [-0.15, -0.1) is 0 Å². The molecule has 0 spiro atoms. The summed E-state index contributed by atoms with van der Waals surface area (Å²) in [5.74, 6) is -0.0142. The highest BCUT2D eigenvalue weighted by Crippen LogP contribution is 2.15. The fourth-order valence-electron chi connectivity index (χ4n) is 1.61. The molecule has 0 unspecified atom stereocenters. The maximum Gasteiger partial charge on any atom is 0.232 e. The van der Waals surface area contributed by atoms with Gasteiger partial charge in [-0.05, 0) is 43.7 Å². The van der Waals surface area contributed by atoms with Crippen LogP contribution in [-0.4, -0.2) is 26.6 Å². The number of benzene rings is 1. The molecule has 0 heterocycles. The van der Waals surface area contributed by atoms with E-state index in [2.05, 4.69) is 10.0 Å². The number of amides is 1. The summed E-state index contributed by atoms with van der Waals surface area (Å²) in [7, 11) is -3.28. The maximum atomic E-state index is 11.6. The molecule has 0 radical (unpaired) electrons. The smallest absolute Gasteiger partial charge is 0.232 e. The van der Waals surface area contributed by atoms with Crippen molar-refractivity contribution in [2.75, 3.05) is 22.3 Å². The predicted molar refractivity (Wildman–Crippen MR) is 81.1 cm³/mol. The lowest BCUT2D eigenvalue weighted by Gasteiger charge is -2.08. The predicted octanol–water partition coefficient (Wildman–Crippen LogP) is 1.52. The third-order valence-electron chi connectivity index (χ3n) is 2.52. The van der Waals surface area contributed by atoms with E-state index >= 15 is 0 Å². The number of carbonyl (C=O) groups excluding carboxylic acids is 1. The maximum absolute atomic E-state index is 11.6. The molecule has 0 saturated carbocycles. The molecule has 0 atom stereocenters. The van der Waals surface area contributed by atoms with E-state index in [0.717, 1.165) is 0 Å². The minimum Gasteiger partial charge on any atom is -0.330 e. The lowest BCUT2D eigenvalue weighted by atomic mass is 10.2. The Hall–Kier alpha value is -1.60. The van der Waals surface area contributed by atoms with Crippen molar-refractivity contribution < 1.29 is 13.2 Å². The first-order valence-electron chi connectivity index (χ1n) is 6.57. The number of sulfonamides is 1. The van der Waals surface area contributed by atoms with Crippen LogP contribution in [0, 0.1) is 0 Å². The van der Waals surface area contributed by atoms with Gasteiger partial charge >= 0.3 is 0 Å². The van der Waals surface area contributed by atoms with E-state index in [1.807, 2.05) is 0 Å². The lowest BCUT2D eigenvalue weighted by molar-refractivity contribution is -0.116. The number of rotatable bonds is 8. The highest BCUT2D eigenvalue weighted by atomic mass is 32.2. The molecule has 1 aromatic rings. The van der Waals surface area contributed by atoms with Crippen molar-refractivity contribution in [3.05, 3.63) is 24.3 Å². The van der Waals surface area contributed by atoms with Crippen LogP contribution in [-0.2, 0) is 14.8 Å². The first-order chi connectivity index (χ1) is 9.46. The quantitative estimate of drug-likeness (QED) is 0.677. The normalized spacial score (nSPS) is 11.1. The Kier molecular flexibility index (Phi) is 6.47. The number of anilines is 2. The van der Waals surface area contributed by atoms with Crippen molar-refractivity contribution in [2.45, 2.75) is 26.2 Å². The van der Waals surface area contributed by atoms with Gasteiger partial charge in [-0.3, -0.25) is 9.52 Å². The molecule has 6 nitrogen and oxygen atoms in total. The van der Waals surface area contributed by atoms with Crippen LogP contribution in [0.3, 0.4) is 0 Å². The zero-order valence-corrected chi connectivity index (χ0v) is 12.4. The van der Waals surface area contributed by atoms with Crippen LogP contribution in [0.25, 0.3) is 0 Å². The first-order valence-corrected chi connectivity index (χ1v) is 8.22. The molecule has 0 bridgehead atoms. The van der Waals surface area contributed by atoms with Gasteiger partial charge in [-0.25, -0.2) is 8.42 Å². The molecule has 1 aromatic carbocycles. The summed E-state index contributed by atoms with van der Waals surface area (Å²) in [5.41, 5.74) is 6.44. The van der Waals surface area contributed by atoms with E-state index in [9.17, 15) is 13.2 Å². The molecule has 1 rings (SSSR count). The summed E-state index contributed by atoms with van der Waals surface area (Å²) in [4.78, 5) is 11.5. The van der Waals surface area contributed by atoms with Crippen LogP contribution in [0.4, 0.5) is 11.4 Å². The van der Waals surface area contributed by atoms with Gasteiger partial charge in [0.25, 0.3) is 0 Å². The molecule has 4 N–H and O–H groups in total. The van der Waals surface area contributed by atoms with Crippen molar-refractivity contribution in [1.29, 1.82) is 0 Å². The summed E-state index contributed by atoms with van der Waals surface area (Å²) in [6, 6.07) is 6.55. The Morgan fingerprint density at radius 1 is 1.20 bits per heavy atom. The second-order valence-electron chi connectivity index (χ2n) is 4.44. The summed E-state index contributed by atoms with van der Waals surface area (Å²) < 4.78 is 25.7. The van der Waals surface area contributed by atoms with Crippen LogP contribution < -0.4 is 15.8 Å². The molecular formula is C13H21N3O3S. The van der Waals surface area contributed by atoms with Crippen LogP contribution in [0.2, 0.25) is 0 Å². The number of nitrogens with one attached hydrogen (secondary N) is 2. The summed E-state index contributed by atoms with van der Waals surface area (Å²) in [6.45, 7) is 2.28. The Labute approximate surface area is 119 Å². The van der Waals surface area contributed by atoms with E-state index in [0.29, 0.717) is 37.2 Å². The Balaban J connectivity index is 2.58. The average molecular weight is 299 g/mol. The molecule has 0 aromatic heterocycles. The second-order valence-corrected chi connectivity index (χ2v) is 6.28. The fourth-order valence-corrected chi connectivity index (χ4v) is 2.74. The van der Waals surface area contributed by atoms with Crippen LogP contribution >= 0.6 is 0 Å². The van der Waals surface area contributed by atoms with Crippen molar-refractivity contribution >= 4 is 27.3 Å². The number of carbonyl (C=O) groups is 1. The van der Waals surface area contributed by atoms with Crippen LogP contribution in [0.15, 0.2) is 24.3 Å². The SMILES string of the molecule is CCCS(=O)(=O)Nc1ccc(NC(=O)CCCN)cc1. The summed E-state index contributed by atoms with van der Waals surface area (Å²) in [5, 5.41) is 2.72. The van der Waals surface area contributed by atoms with Gasteiger partial charge in [0.15, 0.2) is 0 Å². The Bertz CT molecular complexity index is 526. The highest BCUT2D eigenvalue weighted by molar-refractivity contribution is 7.92. The molecule has 0 aliphatic carbocycles. The molecule has 0 saturated heterocycles. The first kappa shape index (κ1) is 16.5. The monoisotopic (exact) mass is 299 g/mol. The van der Waals surface area contributed by atoms with Crippen LogP contribution in [0.5, 0.6) is 0 Å². The van der Waals surface area contributed by atoms with Gasteiger partial charge in [-0.1, -0.05) is 6.92 Å². The number of hydrogen-bond acceptors (Lipinski definition) is 4. The lowest BCUT2D eigenvalue weighted by Crippen LogP contribution is -2.16. The van der Waals surface area contributed by atoms with E-state index < -0.39 is 10.0 Å². The van der Waals surface area contributed by atoms with Crippen molar-refractivity contribution in [3.63, 3.8) is 0 Å². The Morgan fingerprint density at radius 2 is 1.80 bits per heavy atom. The van der Waals surface area contributed by atoms with Gasteiger partial charge in [0, 0.05) is 17.8 Å². The van der Waals surface area contributed by atoms with Gasteiger partial charge < -0.3 is 11.1 Å². The number of hydrogen-bond donors (Lipinski definition) is 3. The van der Waals surface area contributed by atoms with E-state index in [-0.39, 0.29) is 11.7 Å². The minimum atomic E-state index is -3.28. The standard InChI is InChI=1S/C13H21N3O3S/c1-2-10-20(18,19)16-12-7-5-11(6-8-12)15-13(17)4-3-9-14/h5-8,16H,2-4,9-10,14H2,1H3,(H,15,17). The third kappa shape index (κ3) is 6.03. The highest BCUT2D eigenvalue weighted by Gasteiger charge is 2.08. The minimum absolute atomic E-state index is 0.0879. The molecular weight excluding hydrogens is 278 g/mol. The van der Waals surface area contributed by atoms with Gasteiger partial charge in [-0.2, -0.15) is 0 Å². The van der Waals surface area contributed by atoms with Crippen molar-refractivity contribution in [3.8, 4) is 0 Å². The largest absolute Gasteiger partial charge is 0.330 e. The van der Waals surface area contributed by atoms with E-state index in [1.165, 1.54) is 0 Å². The second kappa shape index (κ2) is 7.86. The molecule has 0 aliphatic rings. The van der Waals surface area contributed by atoms with Crippen molar-refractivity contribution in [1.82, 2.24) is 0 Å². The summed E-state index contributed by atoms with van der Waals surface area (Å²) in [6.07, 6.45) is 1.58. The Morgan fingerprint density at radius 3 is 2.35 bits per heavy atom. The third-order valence-corrected chi connectivity index (χ3v) is 4.02. The molecule has 7 heteroatoms. The zero-order chi connectivity index (χ0) is 15.0. The fraction of sp³-hybridized carbons (Fsp3) is 0.462.